The largest absolute Gasteiger partial charge is 0.490 e. The van der Waals surface area contributed by atoms with Gasteiger partial charge in [-0.25, -0.2) is 18.1 Å². The maximum atomic E-state index is 11.8. The molecule has 3 aromatic rings. The predicted octanol–water partition coefficient (Wildman–Crippen LogP) is 4.06. The van der Waals surface area contributed by atoms with Gasteiger partial charge in [0.1, 0.15) is 17.7 Å². The zero-order chi connectivity index (χ0) is 27.3. The number of carbonyl (C=O) groups is 1. The molecule has 5 N–H and O–H groups in total. The number of aliphatic imine (C=N–C) groups is 1. The van der Waals surface area contributed by atoms with E-state index in [1.807, 2.05) is 54.6 Å². The second-order valence-corrected chi connectivity index (χ2v) is 11.1. The molecule has 0 bridgehead atoms. The Balaban J connectivity index is 0.00000280. The van der Waals surface area contributed by atoms with Gasteiger partial charge in [0.15, 0.2) is 5.75 Å². The zero-order valence-corrected chi connectivity index (χ0v) is 24.3. The number of piperidine rings is 1. The van der Waals surface area contributed by atoms with Crippen molar-refractivity contribution in [2.24, 2.45) is 10.7 Å². The minimum Gasteiger partial charge on any atom is -0.490 e. The highest BCUT2D eigenvalue weighted by Crippen LogP contribution is 2.24. The van der Waals surface area contributed by atoms with Gasteiger partial charge in [0.05, 0.1) is 11.5 Å². The number of hydrogen-bond acceptors (Lipinski definition) is 6. The van der Waals surface area contributed by atoms with Crippen LogP contribution in [0.25, 0.3) is 10.8 Å². The monoisotopic (exact) mass is 609 g/mol. The minimum atomic E-state index is -3.91. The van der Waals surface area contributed by atoms with Crippen LogP contribution in [0.4, 0.5) is 5.69 Å². The summed E-state index contributed by atoms with van der Waals surface area (Å²) in [5, 5.41) is 18.3. The standard InChI is InChI=1S/C27H31N5O5S.2ClH/c1-18(28)32-12-10-25(11-13-32)37-24-8-6-23(7-9-24)31-27(29)21-5-4-20-3-2-19(14-22(20)15-21)16-30-38(35,36)17-26(33)34;;/h2-9,14-15,25,28,30H,10-13,16-17H2,1H3,(H2,29,31)(H,33,34);2*1H. The van der Waals surface area contributed by atoms with Gasteiger partial charge in [-0.3, -0.25) is 10.2 Å². The molecule has 40 heavy (non-hydrogen) atoms. The summed E-state index contributed by atoms with van der Waals surface area (Å²) in [5.74, 6) is -0.689. The second kappa shape index (κ2) is 14.3. The Hall–Kier alpha value is -3.38. The van der Waals surface area contributed by atoms with E-state index < -0.39 is 21.7 Å². The summed E-state index contributed by atoms with van der Waals surface area (Å²) < 4.78 is 32.0. The first kappa shape index (κ1) is 32.8. The number of fused-ring (bicyclic) bond motifs is 1. The SMILES string of the molecule is CC(=N)N1CCC(Oc2ccc(N=C(N)c3ccc4ccc(CNS(=O)(=O)CC(=O)O)cc4c3)cc2)CC1.Cl.Cl. The van der Waals surface area contributed by atoms with Gasteiger partial charge in [-0.05, 0) is 59.7 Å². The number of benzene rings is 3. The number of aliphatic carboxylic acids is 1. The van der Waals surface area contributed by atoms with Crippen LogP contribution in [0, 0.1) is 5.41 Å². The van der Waals surface area contributed by atoms with Crippen LogP contribution >= 0.6 is 24.8 Å². The molecular weight excluding hydrogens is 577 g/mol. The third kappa shape index (κ3) is 9.09. The first-order valence-electron chi connectivity index (χ1n) is 12.2. The van der Waals surface area contributed by atoms with Crippen LogP contribution in [0.15, 0.2) is 65.7 Å². The van der Waals surface area contributed by atoms with E-state index in [0.717, 1.165) is 48.0 Å². The molecule has 0 atom stereocenters. The maximum Gasteiger partial charge on any atom is 0.320 e. The van der Waals surface area contributed by atoms with E-state index in [-0.39, 0.29) is 37.5 Å². The number of rotatable bonds is 9. The van der Waals surface area contributed by atoms with Crippen LogP contribution in [0.5, 0.6) is 5.75 Å². The van der Waals surface area contributed by atoms with Gasteiger partial charge in [0.25, 0.3) is 0 Å². The smallest absolute Gasteiger partial charge is 0.320 e. The molecule has 0 unspecified atom stereocenters. The summed E-state index contributed by atoms with van der Waals surface area (Å²) in [6, 6.07) is 18.6. The molecule has 0 aliphatic carbocycles. The summed E-state index contributed by atoms with van der Waals surface area (Å²) in [5.41, 5.74) is 8.38. The summed E-state index contributed by atoms with van der Waals surface area (Å²) in [6.07, 6.45) is 1.88. The van der Waals surface area contributed by atoms with Crippen LogP contribution in [-0.2, 0) is 21.4 Å². The average molecular weight is 611 g/mol. The zero-order valence-electron chi connectivity index (χ0n) is 21.9. The van der Waals surface area contributed by atoms with E-state index >= 15 is 0 Å². The topological polar surface area (TPSA) is 158 Å². The van der Waals surface area contributed by atoms with Crippen molar-refractivity contribution >= 4 is 68.9 Å². The normalized spacial score (nSPS) is 14.2. The van der Waals surface area contributed by atoms with E-state index in [4.69, 9.17) is 21.0 Å². The quantitative estimate of drug-likeness (QED) is 0.210. The highest BCUT2D eigenvalue weighted by Gasteiger charge is 2.20. The molecule has 0 radical (unpaired) electrons. The number of nitrogens with zero attached hydrogens (tertiary/aromatic N) is 2. The van der Waals surface area contributed by atoms with Crippen molar-refractivity contribution in [3.8, 4) is 5.75 Å². The Kier molecular flexibility index (Phi) is 11.7. The molecule has 0 aromatic heterocycles. The van der Waals surface area contributed by atoms with Crippen molar-refractivity contribution in [1.82, 2.24) is 9.62 Å². The average Bonchev–Trinajstić information content (AvgIpc) is 2.88. The fourth-order valence-electron chi connectivity index (χ4n) is 4.28. The molecule has 1 fully saturated rings. The van der Waals surface area contributed by atoms with Crippen LogP contribution in [0.3, 0.4) is 0 Å². The molecule has 1 saturated heterocycles. The Morgan fingerprint density at radius 2 is 1.73 bits per heavy atom. The number of carboxylic acid groups (broad SMARTS) is 1. The van der Waals surface area contributed by atoms with Crippen molar-refractivity contribution in [3.05, 3.63) is 71.8 Å². The minimum absolute atomic E-state index is 0. The molecular formula is C27H33Cl2N5O5S. The Labute approximate surface area is 246 Å². The van der Waals surface area contributed by atoms with Gasteiger partial charge in [-0.1, -0.05) is 24.3 Å². The fourth-order valence-corrected chi connectivity index (χ4v) is 5.09. The third-order valence-electron chi connectivity index (χ3n) is 6.32. The van der Waals surface area contributed by atoms with Crippen molar-refractivity contribution in [2.45, 2.75) is 32.4 Å². The van der Waals surface area contributed by atoms with Gasteiger partial charge in [-0.15, -0.1) is 24.8 Å². The lowest BCUT2D eigenvalue weighted by Crippen LogP contribution is -2.40. The molecule has 1 heterocycles. The molecule has 0 amide bonds. The number of nitrogens with one attached hydrogen (secondary N) is 2. The fraction of sp³-hybridized carbons (Fsp3) is 0.296. The van der Waals surface area contributed by atoms with Crippen LogP contribution in [0.1, 0.15) is 30.9 Å². The van der Waals surface area contributed by atoms with E-state index in [1.54, 1.807) is 13.0 Å². The van der Waals surface area contributed by atoms with Crippen LogP contribution in [0.2, 0.25) is 0 Å². The second-order valence-electron chi connectivity index (χ2n) is 9.25. The molecule has 1 aliphatic rings. The summed E-state index contributed by atoms with van der Waals surface area (Å²) in [4.78, 5) is 17.3. The number of sulfonamides is 1. The number of hydrogen-bond donors (Lipinski definition) is 4. The molecule has 4 rings (SSSR count). The highest BCUT2D eigenvalue weighted by atomic mass is 35.5. The van der Waals surface area contributed by atoms with E-state index in [9.17, 15) is 13.2 Å². The summed E-state index contributed by atoms with van der Waals surface area (Å²) in [7, 11) is -3.91. The Morgan fingerprint density at radius 3 is 2.35 bits per heavy atom. The van der Waals surface area contributed by atoms with Gasteiger partial charge >= 0.3 is 5.97 Å². The maximum absolute atomic E-state index is 11.8. The summed E-state index contributed by atoms with van der Waals surface area (Å²) >= 11 is 0. The van der Waals surface area contributed by atoms with Gasteiger partial charge in [0.2, 0.25) is 10.0 Å². The van der Waals surface area contributed by atoms with Crippen molar-refractivity contribution in [3.63, 3.8) is 0 Å². The Morgan fingerprint density at radius 1 is 1.07 bits per heavy atom. The first-order chi connectivity index (χ1) is 18.1. The molecule has 0 saturated carbocycles. The molecule has 3 aromatic carbocycles. The number of halogens is 2. The summed E-state index contributed by atoms with van der Waals surface area (Å²) in [6.45, 7) is 3.44. The van der Waals surface area contributed by atoms with Crippen LogP contribution in [-0.4, -0.2) is 61.0 Å². The van der Waals surface area contributed by atoms with Gasteiger partial charge in [0, 0.05) is 38.0 Å². The molecule has 13 heteroatoms. The number of amidine groups is 2. The number of carboxylic acids is 1. The number of likely N-dealkylation sites (tertiary alicyclic amines) is 1. The lowest BCUT2D eigenvalue weighted by molar-refractivity contribution is -0.134. The number of nitrogens with two attached hydrogens (primary N) is 1. The predicted molar refractivity (Wildman–Crippen MR) is 162 cm³/mol. The highest BCUT2D eigenvalue weighted by molar-refractivity contribution is 7.90. The lowest BCUT2D eigenvalue weighted by Gasteiger charge is -2.32. The molecule has 1 aliphatic heterocycles. The molecule has 10 nitrogen and oxygen atoms in total. The van der Waals surface area contributed by atoms with E-state index in [0.29, 0.717) is 22.9 Å². The molecule has 216 valence electrons. The van der Waals surface area contributed by atoms with Crippen molar-refractivity contribution in [1.29, 1.82) is 5.41 Å². The van der Waals surface area contributed by atoms with Gasteiger partial charge in [-0.2, -0.15) is 0 Å². The number of ether oxygens (including phenoxy) is 1. The van der Waals surface area contributed by atoms with Crippen molar-refractivity contribution < 1.29 is 23.1 Å². The molecule has 0 spiro atoms. The van der Waals surface area contributed by atoms with Crippen LogP contribution < -0.4 is 15.2 Å². The first-order valence-corrected chi connectivity index (χ1v) is 13.9. The van der Waals surface area contributed by atoms with E-state index in [1.165, 1.54) is 0 Å². The Bertz CT molecular complexity index is 1470. The lowest BCUT2D eigenvalue weighted by atomic mass is 10.0. The third-order valence-corrected chi connectivity index (χ3v) is 7.53. The van der Waals surface area contributed by atoms with Crippen molar-refractivity contribution in [2.75, 3.05) is 18.8 Å². The van der Waals surface area contributed by atoms with Gasteiger partial charge < -0.3 is 20.5 Å². The van der Waals surface area contributed by atoms with E-state index in [2.05, 4.69) is 14.6 Å².